The SMILES string of the molecule is O=C(Nc1cccc(CCN2CCN(c3ccccc3)CC2)c1)c1ccccn1. The van der Waals surface area contributed by atoms with E-state index in [1.165, 1.54) is 11.3 Å². The number of piperazine rings is 1. The molecule has 1 aliphatic rings. The molecule has 1 aromatic heterocycles. The second kappa shape index (κ2) is 9.34. The number of amides is 1. The molecule has 1 saturated heterocycles. The van der Waals surface area contributed by atoms with E-state index in [4.69, 9.17) is 0 Å². The lowest BCUT2D eigenvalue weighted by Crippen LogP contribution is -2.46. The number of hydrogen-bond acceptors (Lipinski definition) is 4. The van der Waals surface area contributed by atoms with Crippen molar-refractivity contribution in [2.45, 2.75) is 6.42 Å². The summed E-state index contributed by atoms with van der Waals surface area (Å²) in [5, 5.41) is 2.94. The number of nitrogens with zero attached hydrogens (tertiary/aromatic N) is 3. The van der Waals surface area contributed by atoms with Crippen LogP contribution in [0.25, 0.3) is 0 Å². The Morgan fingerprint density at radius 1 is 0.897 bits per heavy atom. The molecule has 0 unspecified atom stereocenters. The normalized spacial score (nSPS) is 14.6. The first-order chi connectivity index (χ1) is 14.3. The molecule has 1 N–H and O–H groups in total. The van der Waals surface area contributed by atoms with Crippen LogP contribution in [-0.4, -0.2) is 48.5 Å². The van der Waals surface area contributed by atoms with Crippen molar-refractivity contribution in [1.82, 2.24) is 9.88 Å². The summed E-state index contributed by atoms with van der Waals surface area (Å²) < 4.78 is 0. The Morgan fingerprint density at radius 2 is 1.69 bits per heavy atom. The molecule has 4 rings (SSSR count). The van der Waals surface area contributed by atoms with Crippen LogP contribution >= 0.6 is 0 Å². The molecule has 29 heavy (non-hydrogen) atoms. The Morgan fingerprint density at radius 3 is 2.45 bits per heavy atom. The van der Waals surface area contributed by atoms with Crippen molar-refractivity contribution in [3.05, 3.63) is 90.3 Å². The van der Waals surface area contributed by atoms with Gasteiger partial charge in [-0.1, -0.05) is 36.4 Å². The molecular weight excluding hydrogens is 360 g/mol. The van der Waals surface area contributed by atoms with E-state index in [2.05, 4.69) is 62.6 Å². The monoisotopic (exact) mass is 386 g/mol. The minimum atomic E-state index is -0.181. The first kappa shape index (κ1) is 19.2. The first-order valence-corrected chi connectivity index (χ1v) is 10.1. The van der Waals surface area contributed by atoms with Crippen molar-refractivity contribution in [3.63, 3.8) is 0 Å². The third-order valence-corrected chi connectivity index (χ3v) is 5.29. The third-order valence-electron chi connectivity index (χ3n) is 5.29. The maximum Gasteiger partial charge on any atom is 0.274 e. The predicted octanol–water partition coefficient (Wildman–Crippen LogP) is 3.70. The molecule has 0 aliphatic carbocycles. The van der Waals surface area contributed by atoms with Gasteiger partial charge in [0, 0.05) is 50.3 Å². The van der Waals surface area contributed by atoms with Gasteiger partial charge in [-0.3, -0.25) is 14.7 Å². The van der Waals surface area contributed by atoms with Crippen LogP contribution in [0, 0.1) is 0 Å². The van der Waals surface area contributed by atoms with Crippen LogP contribution in [0.2, 0.25) is 0 Å². The average Bonchev–Trinajstić information content (AvgIpc) is 2.79. The summed E-state index contributed by atoms with van der Waals surface area (Å²) in [5.41, 5.74) is 3.78. The Bertz CT molecular complexity index is 922. The second-order valence-corrected chi connectivity index (χ2v) is 7.28. The van der Waals surface area contributed by atoms with Crippen molar-refractivity contribution in [1.29, 1.82) is 0 Å². The molecule has 0 saturated carbocycles. The van der Waals surface area contributed by atoms with E-state index in [0.717, 1.165) is 44.8 Å². The van der Waals surface area contributed by atoms with Crippen molar-refractivity contribution in [3.8, 4) is 0 Å². The molecule has 1 aliphatic heterocycles. The average molecular weight is 386 g/mol. The lowest BCUT2D eigenvalue weighted by molar-refractivity contribution is 0.102. The first-order valence-electron chi connectivity index (χ1n) is 10.1. The van der Waals surface area contributed by atoms with E-state index in [0.29, 0.717) is 5.69 Å². The highest BCUT2D eigenvalue weighted by atomic mass is 16.1. The highest BCUT2D eigenvalue weighted by molar-refractivity contribution is 6.02. The van der Waals surface area contributed by atoms with Gasteiger partial charge in [-0.05, 0) is 48.4 Å². The van der Waals surface area contributed by atoms with Gasteiger partial charge < -0.3 is 10.2 Å². The molecule has 5 nitrogen and oxygen atoms in total. The largest absolute Gasteiger partial charge is 0.369 e. The molecule has 0 bridgehead atoms. The number of rotatable bonds is 6. The summed E-state index contributed by atoms with van der Waals surface area (Å²) in [6.45, 7) is 5.30. The zero-order valence-electron chi connectivity index (χ0n) is 16.5. The highest BCUT2D eigenvalue weighted by Gasteiger charge is 2.16. The number of pyridine rings is 1. The summed E-state index contributed by atoms with van der Waals surface area (Å²) in [5.74, 6) is -0.181. The lowest BCUT2D eigenvalue weighted by Gasteiger charge is -2.36. The topological polar surface area (TPSA) is 48.5 Å². The number of anilines is 2. The molecule has 0 radical (unpaired) electrons. The third kappa shape index (κ3) is 5.21. The van der Waals surface area contributed by atoms with E-state index in [1.54, 1.807) is 18.3 Å². The van der Waals surface area contributed by atoms with E-state index in [9.17, 15) is 4.79 Å². The summed E-state index contributed by atoms with van der Waals surface area (Å²) in [4.78, 5) is 21.4. The summed E-state index contributed by atoms with van der Waals surface area (Å²) >= 11 is 0. The van der Waals surface area contributed by atoms with Gasteiger partial charge in [-0.25, -0.2) is 0 Å². The van der Waals surface area contributed by atoms with Gasteiger partial charge in [0.2, 0.25) is 0 Å². The summed E-state index contributed by atoms with van der Waals surface area (Å²) in [7, 11) is 0. The van der Waals surface area contributed by atoms with Crippen LogP contribution in [0.15, 0.2) is 79.0 Å². The maximum atomic E-state index is 12.3. The standard InChI is InChI=1S/C24H26N4O/c29-24(23-11-4-5-13-25-23)26-21-8-6-7-20(19-21)12-14-27-15-17-28(18-16-27)22-9-2-1-3-10-22/h1-11,13,19H,12,14-18H2,(H,26,29). The Hall–Kier alpha value is -3.18. The minimum Gasteiger partial charge on any atom is -0.369 e. The summed E-state index contributed by atoms with van der Waals surface area (Å²) in [6, 6.07) is 24.1. The number of aromatic nitrogens is 1. The van der Waals surface area contributed by atoms with E-state index in [1.807, 2.05) is 18.2 Å². The van der Waals surface area contributed by atoms with Crippen molar-refractivity contribution >= 4 is 17.3 Å². The van der Waals surface area contributed by atoms with Gasteiger partial charge in [0.05, 0.1) is 0 Å². The van der Waals surface area contributed by atoms with Gasteiger partial charge in [0.15, 0.2) is 0 Å². The number of carbonyl (C=O) groups excluding carboxylic acids is 1. The maximum absolute atomic E-state index is 12.3. The fourth-order valence-electron chi connectivity index (χ4n) is 3.65. The number of hydrogen-bond donors (Lipinski definition) is 1. The highest BCUT2D eigenvalue weighted by Crippen LogP contribution is 2.17. The molecular formula is C24H26N4O. The molecule has 1 amide bonds. The Kier molecular flexibility index (Phi) is 6.17. The van der Waals surface area contributed by atoms with Crippen LogP contribution in [0.5, 0.6) is 0 Å². The van der Waals surface area contributed by atoms with Gasteiger partial charge in [0.1, 0.15) is 5.69 Å². The van der Waals surface area contributed by atoms with Crippen molar-refractivity contribution < 1.29 is 4.79 Å². The second-order valence-electron chi connectivity index (χ2n) is 7.28. The zero-order valence-corrected chi connectivity index (χ0v) is 16.5. The van der Waals surface area contributed by atoms with Crippen LogP contribution in [-0.2, 0) is 6.42 Å². The number of para-hydroxylation sites is 1. The van der Waals surface area contributed by atoms with E-state index >= 15 is 0 Å². The number of benzene rings is 2. The summed E-state index contributed by atoms with van der Waals surface area (Å²) in [6.07, 6.45) is 2.60. The Labute approximate surface area is 172 Å². The number of carbonyl (C=O) groups is 1. The van der Waals surface area contributed by atoms with Gasteiger partial charge >= 0.3 is 0 Å². The lowest BCUT2D eigenvalue weighted by atomic mass is 10.1. The molecule has 1 fully saturated rings. The quantitative estimate of drug-likeness (QED) is 0.702. The van der Waals surface area contributed by atoms with Gasteiger partial charge in [-0.2, -0.15) is 0 Å². The molecule has 2 heterocycles. The van der Waals surface area contributed by atoms with Crippen LogP contribution in [0.1, 0.15) is 16.1 Å². The van der Waals surface area contributed by atoms with Gasteiger partial charge in [0.25, 0.3) is 5.91 Å². The van der Waals surface area contributed by atoms with Crippen LogP contribution in [0.4, 0.5) is 11.4 Å². The molecule has 0 atom stereocenters. The zero-order chi connectivity index (χ0) is 19.9. The fourth-order valence-corrected chi connectivity index (χ4v) is 3.65. The Balaban J connectivity index is 1.27. The minimum absolute atomic E-state index is 0.181. The molecule has 148 valence electrons. The molecule has 3 aromatic rings. The fraction of sp³-hybridized carbons (Fsp3) is 0.250. The van der Waals surface area contributed by atoms with Crippen LogP contribution in [0.3, 0.4) is 0 Å². The smallest absolute Gasteiger partial charge is 0.274 e. The number of nitrogens with one attached hydrogen (secondary N) is 1. The van der Waals surface area contributed by atoms with E-state index < -0.39 is 0 Å². The van der Waals surface area contributed by atoms with Gasteiger partial charge in [-0.15, -0.1) is 0 Å². The predicted molar refractivity (Wildman–Crippen MR) is 117 cm³/mol. The van der Waals surface area contributed by atoms with Crippen molar-refractivity contribution in [2.75, 3.05) is 42.9 Å². The van der Waals surface area contributed by atoms with E-state index in [-0.39, 0.29) is 5.91 Å². The van der Waals surface area contributed by atoms with Crippen LogP contribution < -0.4 is 10.2 Å². The molecule has 0 spiro atoms. The molecule has 5 heteroatoms. The van der Waals surface area contributed by atoms with Crippen molar-refractivity contribution in [2.24, 2.45) is 0 Å². The molecule has 2 aromatic carbocycles.